The number of amides is 1. The van der Waals surface area contributed by atoms with E-state index < -0.39 is 5.91 Å². The van der Waals surface area contributed by atoms with Crippen molar-refractivity contribution in [3.05, 3.63) is 70.3 Å². The van der Waals surface area contributed by atoms with Crippen LogP contribution in [0.5, 0.6) is 0 Å². The van der Waals surface area contributed by atoms with E-state index in [0.717, 1.165) is 10.0 Å². The quantitative estimate of drug-likeness (QED) is 0.350. The summed E-state index contributed by atoms with van der Waals surface area (Å²) in [6.07, 6.45) is 1.52. The number of aromatic nitrogens is 5. The lowest BCUT2D eigenvalue weighted by molar-refractivity contribution is 0.0950. The highest BCUT2D eigenvalue weighted by molar-refractivity contribution is 9.10. The number of anilines is 1. The minimum absolute atomic E-state index is 0.0194. The van der Waals surface area contributed by atoms with Crippen molar-refractivity contribution in [1.82, 2.24) is 30.7 Å². The summed E-state index contributed by atoms with van der Waals surface area (Å²) in [5.74, 6) is -0.397. The van der Waals surface area contributed by atoms with Gasteiger partial charge in [-0.3, -0.25) is 4.79 Å². The summed E-state index contributed by atoms with van der Waals surface area (Å²) in [5.41, 5.74) is 10.1. The standard InChI is InChI=1S/C18H13BrN8O2/c19-13-9-5-4-8-12(13)10-21-23-18(28)14-15(11-6-2-1-3-7-11)27(26-22-14)17-16(20)24-29-25-17/h1-10H,(H2,20,24)(H,23,28). The van der Waals surface area contributed by atoms with Crippen LogP contribution in [0.25, 0.3) is 17.1 Å². The minimum Gasteiger partial charge on any atom is -0.378 e. The van der Waals surface area contributed by atoms with Crippen molar-refractivity contribution in [3.63, 3.8) is 0 Å². The van der Waals surface area contributed by atoms with Gasteiger partial charge >= 0.3 is 0 Å². The lowest BCUT2D eigenvalue weighted by Gasteiger charge is -2.05. The molecule has 0 aliphatic rings. The molecular formula is C18H13BrN8O2. The van der Waals surface area contributed by atoms with Gasteiger partial charge in [0.1, 0.15) is 5.69 Å². The highest BCUT2D eigenvalue weighted by Crippen LogP contribution is 2.26. The maximum Gasteiger partial charge on any atom is 0.294 e. The van der Waals surface area contributed by atoms with E-state index in [1.54, 1.807) is 12.1 Å². The normalized spacial score (nSPS) is 11.1. The molecule has 3 N–H and O–H groups in total. The van der Waals surface area contributed by atoms with Crippen molar-refractivity contribution < 1.29 is 9.42 Å². The molecule has 2 aromatic heterocycles. The molecular weight excluding hydrogens is 440 g/mol. The fourth-order valence-electron chi connectivity index (χ4n) is 2.57. The van der Waals surface area contributed by atoms with Crippen molar-refractivity contribution in [2.45, 2.75) is 0 Å². The van der Waals surface area contributed by atoms with Gasteiger partial charge in [0.25, 0.3) is 5.91 Å². The van der Waals surface area contributed by atoms with E-state index in [1.807, 2.05) is 42.5 Å². The fourth-order valence-corrected chi connectivity index (χ4v) is 2.96. The van der Waals surface area contributed by atoms with Crippen LogP contribution in [-0.2, 0) is 0 Å². The molecule has 0 bridgehead atoms. The molecule has 4 rings (SSSR count). The van der Waals surface area contributed by atoms with Crippen LogP contribution in [0.15, 0.2) is 68.8 Å². The maximum absolute atomic E-state index is 12.7. The minimum atomic E-state index is -0.548. The van der Waals surface area contributed by atoms with Crippen molar-refractivity contribution in [2.75, 3.05) is 5.73 Å². The predicted octanol–water partition coefficient (Wildman–Crippen LogP) is 2.43. The lowest BCUT2D eigenvalue weighted by atomic mass is 10.1. The Morgan fingerprint density at radius 2 is 1.90 bits per heavy atom. The van der Waals surface area contributed by atoms with Crippen LogP contribution in [0.2, 0.25) is 0 Å². The zero-order valence-electron chi connectivity index (χ0n) is 14.7. The summed E-state index contributed by atoms with van der Waals surface area (Å²) in [7, 11) is 0. The number of nitrogens with two attached hydrogens (primary N) is 1. The van der Waals surface area contributed by atoms with E-state index in [2.05, 4.69) is 51.7 Å². The van der Waals surface area contributed by atoms with Gasteiger partial charge < -0.3 is 5.73 Å². The number of hydrogen-bond donors (Lipinski definition) is 2. The second-order valence-electron chi connectivity index (χ2n) is 5.76. The topological polar surface area (TPSA) is 137 Å². The van der Waals surface area contributed by atoms with E-state index >= 15 is 0 Å². The molecule has 10 nitrogen and oxygen atoms in total. The number of hydrogen-bond acceptors (Lipinski definition) is 8. The molecule has 11 heteroatoms. The third kappa shape index (κ3) is 3.75. The van der Waals surface area contributed by atoms with Gasteiger partial charge in [-0.25, -0.2) is 10.1 Å². The third-order valence-electron chi connectivity index (χ3n) is 3.90. The van der Waals surface area contributed by atoms with Crippen LogP contribution in [0.1, 0.15) is 16.1 Å². The summed E-state index contributed by atoms with van der Waals surface area (Å²) in [6.45, 7) is 0. The Kier molecular flexibility index (Phi) is 5.12. The Hall–Kier alpha value is -3.86. The Morgan fingerprint density at radius 1 is 1.14 bits per heavy atom. The van der Waals surface area contributed by atoms with Gasteiger partial charge in [-0.1, -0.05) is 69.7 Å². The molecule has 144 valence electrons. The SMILES string of the molecule is Nc1nonc1-n1nnc(C(=O)NN=Cc2ccccc2Br)c1-c1ccccc1. The molecule has 0 radical (unpaired) electrons. The van der Waals surface area contributed by atoms with E-state index in [9.17, 15) is 4.79 Å². The first-order valence-electron chi connectivity index (χ1n) is 8.32. The molecule has 0 spiro atoms. The number of nitrogens with zero attached hydrogens (tertiary/aromatic N) is 6. The van der Waals surface area contributed by atoms with Gasteiger partial charge in [0.2, 0.25) is 11.6 Å². The number of hydrazone groups is 1. The average molecular weight is 453 g/mol. The van der Waals surface area contributed by atoms with Crippen molar-refractivity contribution in [3.8, 4) is 17.1 Å². The second kappa shape index (κ2) is 8.02. The summed E-state index contributed by atoms with van der Waals surface area (Å²) < 4.78 is 6.79. The van der Waals surface area contributed by atoms with E-state index in [-0.39, 0.29) is 17.3 Å². The Labute approximate surface area is 172 Å². The van der Waals surface area contributed by atoms with Crippen LogP contribution >= 0.6 is 15.9 Å². The smallest absolute Gasteiger partial charge is 0.294 e. The van der Waals surface area contributed by atoms with Gasteiger partial charge in [0.05, 0.1) is 6.21 Å². The summed E-state index contributed by atoms with van der Waals surface area (Å²) in [6, 6.07) is 16.6. The number of carbonyl (C=O) groups excluding carboxylic acids is 1. The maximum atomic E-state index is 12.7. The summed E-state index contributed by atoms with van der Waals surface area (Å²) >= 11 is 3.42. The Balaban J connectivity index is 1.68. The van der Waals surface area contributed by atoms with E-state index in [1.165, 1.54) is 10.9 Å². The van der Waals surface area contributed by atoms with Crippen molar-refractivity contribution >= 4 is 33.9 Å². The molecule has 0 unspecified atom stereocenters. The molecule has 2 heterocycles. The third-order valence-corrected chi connectivity index (χ3v) is 4.63. The van der Waals surface area contributed by atoms with Gasteiger partial charge in [-0.05, 0) is 16.4 Å². The van der Waals surface area contributed by atoms with E-state index in [0.29, 0.717) is 11.3 Å². The second-order valence-corrected chi connectivity index (χ2v) is 6.61. The molecule has 0 saturated carbocycles. The lowest BCUT2D eigenvalue weighted by Crippen LogP contribution is -2.19. The van der Waals surface area contributed by atoms with Crippen LogP contribution < -0.4 is 11.2 Å². The molecule has 0 fully saturated rings. The molecule has 0 atom stereocenters. The van der Waals surface area contributed by atoms with Gasteiger partial charge in [-0.15, -0.1) is 5.10 Å². The van der Waals surface area contributed by atoms with Crippen molar-refractivity contribution in [1.29, 1.82) is 0 Å². The number of nitrogen functional groups attached to an aromatic ring is 1. The Bertz CT molecular complexity index is 1190. The fraction of sp³-hybridized carbons (Fsp3) is 0. The number of benzene rings is 2. The number of carbonyl (C=O) groups is 1. The van der Waals surface area contributed by atoms with Crippen LogP contribution in [0.3, 0.4) is 0 Å². The first-order chi connectivity index (χ1) is 14.1. The molecule has 4 aromatic rings. The molecule has 0 aliphatic heterocycles. The predicted molar refractivity (Wildman–Crippen MR) is 108 cm³/mol. The molecule has 0 saturated heterocycles. The van der Waals surface area contributed by atoms with Crippen molar-refractivity contribution in [2.24, 2.45) is 5.10 Å². The molecule has 0 aliphatic carbocycles. The van der Waals surface area contributed by atoms with E-state index in [4.69, 9.17) is 5.73 Å². The number of halogens is 1. The van der Waals surface area contributed by atoms with Gasteiger partial charge in [-0.2, -0.15) is 9.78 Å². The zero-order chi connectivity index (χ0) is 20.2. The highest BCUT2D eigenvalue weighted by atomic mass is 79.9. The zero-order valence-corrected chi connectivity index (χ0v) is 16.3. The van der Waals surface area contributed by atoms with Gasteiger partial charge in [0, 0.05) is 15.6 Å². The summed E-state index contributed by atoms with van der Waals surface area (Å²) in [4.78, 5) is 12.7. The van der Waals surface area contributed by atoms with Crippen LogP contribution in [0, 0.1) is 0 Å². The van der Waals surface area contributed by atoms with Crippen LogP contribution in [0.4, 0.5) is 5.82 Å². The first-order valence-corrected chi connectivity index (χ1v) is 9.12. The highest BCUT2D eigenvalue weighted by Gasteiger charge is 2.24. The molecule has 1 amide bonds. The average Bonchev–Trinajstić information content (AvgIpc) is 3.36. The Morgan fingerprint density at radius 3 is 2.62 bits per heavy atom. The monoisotopic (exact) mass is 452 g/mol. The molecule has 2 aromatic carbocycles. The van der Waals surface area contributed by atoms with Gasteiger partial charge in [0.15, 0.2) is 5.69 Å². The molecule has 29 heavy (non-hydrogen) atoms. The summed E-state index contributed by atoms with van der Waals surface area (Å²) in [5, 5.41) is 19.3. The number of nitrogens with one attached hydrogen (secondary N) is 1. The van der Waals surface area contributed by atoms with Crippen LogP contribution in [-0.4, -0.2) is 37.4 Å². The number of rotatable bonds is 5. The largest absolute Gasteiger partial charge is 0.378 e. The first kappa shape index (κ1) is 18.5.